The Kier molecular flexibility index (Phi) is 5.21. The van der Waals surface area contributed by atoms with Crippen molar-refractivity contribution < 1.29 is 4.79 Å². The molecule has 1 saturated heterocycles. The van der Waals surface area contributed by atoms with Crippen molar-refractivity contribution in [2.24, 2.45) is 0 Å². The molecular weight excluding hydrogens is 284 g/mol. The van der Waals surface area contributed by atoms with E-state index in [1.165, 1.54) is 0 Å². The molecule has 0 aromatic heterocycles. The van der Waals surface area contributed by atoms with Crippen LogP contribution >= 0.6 is 12.4 Å². The van der Waals surface area contributed by atoms with Crippen LogP contribution in [0.1, 0.15) is 23.2 Å². The lowest BCUT2D eigenvalue weighted by Gasteiger charge is -2.32. The third kappa shape index (κ3) is 3.20. The maximum Gasteiger partial charge on any atom is 0.254 e. The zero-order valence-electron chi connectivity index (χ0n) is 12.2. The molecule has 1 fully saturated rings. The van der Waals surface area contributed by atoms with Gasteiger partial charge in [0.2, 0.25) is 0 Å². The second-order valence-corrected chi connectivity index (χ2v) is 5.42. The first kappa shape index (κ1) is 15.8. The van der Waals surface area contributed by atoms with E-state index in [1.807, 2.05) is 42.3 Å². The highest BCUT2D eigenvalue weighted by Gasteiger charge is 2.23. The molecule has 4 heteroatoms. The molecule has 0 atom stereocenters. The summed E-state index contributed by atoms with van der Waals surface area (Å²) in [6.45, 7) is 2.00. The van der Waals surface area contributed by atoms with Gasteiger partial charge in [0.05, 0.1) is 0 Å². The number of benzene rings is 2. The fourth-order valence-corrected chi connectivity index (χ4v) is 2.96. The molecule has 0 saturated carbocycles. The monoisotopic (exact) mass is 304 g/mol. The van der Waals surface area contributed by atoms with Crippen LogP contribution in [-0.4, -0.2) is 37.0 Å². The van der Waals surface area contributed by atoms with Crippen molar-refractivity contribution in [3.8, 4) is 0 Å². The minimum Gasteiger partial charge on any atom is -0.339 e. The molecule has 112 valence electrons. The van der Waals surface area contributed by atoms with Crippen molar-refractivity contribution in [3.63, 3.8) is 0 Å². The molecular formula is C17H21ClN2O. The Hall–Kier alpha value is -1.58. The molecule has 0 spiro atoms. The lowest BCUT2D eigenvalue weighted by molar-refractivity contribution is 0.0705. The molecule has 1 N–H and O–H groups in total. The van der Waals surface area contributed by atoms with Crippen LogP contribution in [0.2, 0.25) is 0 Å². The van der Waals surface area contributed by atoms with E-state index < -0.39 is 0 Å². The van der Waals surface area contributed by atoms with Crippen molar-refractivity contribution in [2.45, 2.75) is 18.9 Å². The van der Waals surface area contributed by atoms with E-state index in [-0.39, 0.29) is 18.3 Å². The number of amides is 1. The van der Waals surface area contributed by atoms with Crippen LogP contribution in [0.3, 0.4) is 0 Å². The maximum absolute atomic E-state index is 12.8. The van der Waals surface area contributed by atoms with E-state index in [0.29, 0.717) is 6.04 Å². The van der Waals surface area contributed by atoms with Gasteiger partial charge >= 0.3 is 0 Å². The standard InChI is InChI=1S/C17H20N2O.ClH/c1-19(14-9-11-18-12-10-14)17(20)16-8-4-6-13-5-2-3-7-15(13)16;/h2-8,14,18H,9-12H2,1H3;1H. The molecule has 1 aliphatic rings. The summed E-state index contributed by atoms with van der Waals surface area (Å²) in [5, 5.41) is 5.50. The van der Waals surface area contributed by atoms with Gasteiger partial charge in [0.15, 0.2) is 0 Å². The van der Waals surface area contributed by atoms with Gasteiger partial charge in [-0.2, -0.15) is 0 Å². The van der Waals surface area contributed by atoms with Crippen LogP contribution in [0.5, 0.6) is 0 Å². The van der Waals surface area contributed by atoms with E-state index in [0.717, 1.165) is 42.3 Å². The number of nitrogens with one attached hydrogen (secondary N) is 1. The number of carbonyl (C=O) groups excluding carboxylic acids is 1. The Morgan fingerprint density at radius 1 is 1.10 bits per heavy atom. The summed E-state index contributed by atoms with van der Waals surface area (Å²) < 4.78 is 0. The van der Waals surface area contributed by atoms with Gasteiger partial charge in [-0.15, -0.1) is 12.4 Å². The number of carbonyl (C=O) groups is 1. The van der Waals surface area contributed by atoms with Gasteiger partial charge in [0.1, 0.15) is 0 Å². The number of nitrogens with zero attached hydrogens (tertiary/aromatic N) is 1. The second-order valence-electron chi connectivity index (χ2n) is 5.42. The van der Waals surface area contributed by atoms with Crippen molar-refractivity contribution in [3.05, 3.63) is 48.0 Å². The van der Waals surface area contributed by atoms with Gasteiger partial charge < -0.3 is 10.2 Å². The van der Waals surface area contributed by atoms with Crippen LogP contribution in [-0.2, 0) is 0 Å². The first-order valence-electron chi connectivity index (χ1n) is 7.23. The minimum absolute atomic E-state index is 0. The number of rotatable bonds is 2. The Bertz CT molecular complexity index is 618. The van der Waals surface area contributed by atoms with Crippen LogP contribution in [0.15, 0.2) is 42.5 Å². The summed E-state index contributed by atoms with van der Waals surface area (Å²) in [7, 11) is 1.93. The predicted molar refractivity (Wildman–Crippen MR) is 89.2 cm³/mol. The highest BCUT2D eigenvalue weighted by Crippen LogP contribution is 2.21. The minimum atomic E-state index is 0. The van der Waals surface area contributed by atoms with E-state index in [9.17, 15) is 4.79 Å². The summed E-state index contributed by atoms with van der Waals surface area (Å²) in [6.07, 6.45) is 2.07. The quantitative estimate of drug-likeness (QED) is 0.925. The summed E-state index contributed by atoms with van der Waals surface area (Å²) in [4.78, 5) is 14.7. The summed E-state index contributed by atoms with van der Waals surface area (Å²) in [5.74, 6) is 0.133. The van der Waals surface area contributed by atoms with Gasteiger partial charge in [0.25, 0.3) is 5.91 Å². The van der Waals surface area contributed by atoms with Gasteiger partial charge in [-0.25, -0.2) is 0 Å². The molecule has 3 rings (SSSR count). The highest BCUT2D eigenvalue weighted by molar-refractivity contribution is 6.07. The summed E-state index contributed by atoms with van der Waals surface area (Å²) in [6, 6.07) is 14.4. The molecule has 21 heavy (non-hydrogen) atoms. The summed E-state index contributed by atoms with van der Waals surface area (Å²) in [5.41, 5.74) is 0.809. The molecule has 2 aromatic rings. The average Bonchev–Trinajstić information content (AvgIpc) is 2.54. The Balaban J connectivity index is 0.00000161. The number of halogens is 1. The van der Waals surface area contributed by atoms with Crippen LogP contribution in [0.4, 0.5) is 0 Å². The normalized spacial score (nSPS) is 15.5. The molecule has 1 heterocycles. The predicted octanol–water partition coefficient (Wildman–Crippen LogP) is 3.09. The molecule has 1 amide bonds. The lowest BCUT2D eigenvalue weighted by atomic mass is 10.0. The first-order chi connectivity index (χ1) is 9.77. The zero-order valence-corrected chi connectivity index (χ0v) is 13.0. The Labute approximate surface area is 131 Å². The maximum atomic E-state index is 12.8. The van der Waals surface area contributed by atoms with Crippen molar-refractivity contribution >= 4 is 29.1 Å². The fraction of sp³-hybridized carbons (Fsp3) is 0.353. The average molecular weight is 305 g/mol. The Morgan fingerprint density at radius 2 is 1.76 bits per heavy atom. The SMILES string of the molecule is CN(C(=O)c1cccc2ccccc12)C1CCNCC1.Cl. The van der Waals surface area contributed by atoms with Gasteiger partial charge in [-0.05, 0) is 42.8 Å². The van der Waals surface area contributed by atoms with Crippen molar-refractivity contribution in [1.82, 2.24) is 10.2 Å². The molecule has 0 unspecified atom stereocenters. The van der Waals surface area contributed by atoms with Crippen LogP contribution in [0.25, 0.3) is 10.8 Å². The molecule has 3 nitrogen and oxygen atoms in total. The van der Waals surface area contributed by atoms with E-state index in [1.54, 1.807) is 0 Å². The fourth-order valence-electron chi connectivity index (χ4n) is 2.96. The molecule has 0 bridgehead atoms. The number of piperidine rings is 1. The molecule has 2 aromatic carbocycles. The Morgan fingerprint density at radius 3 is 2.52 bits per heavy atom. The molecule has 1 aliphatic heterocycles. The first-order valence-corrected chi connectivity index (χ1v) is 7.23. The number of fused-ring (bicyclic) bond motifs is 1. The van der Waals surface area contributed by atoms with Crippen LogP contribution in [0, 0.1) is 0 Å². The lowest BCUT2D eigenvalue weighted by Crippen LogP contribution is -2.44. The summed E-state index contributed by atoms with van der Waals surface area (Å²) >= 11 is 0. The number of hydrogen-bond donors (Lipinski definition) is 1. The number of hydrogen-bond acceptors (Lipinski definition) is 2. The van der Waals surface area contributed by atoms with Crippen molar-refractivity contribution in [1.29, 1.82) is 0 Å². The largest absolute Gasteiger partial charge is 0.339 e. The zero-order chi connectivity index (χ0) is 13.9. The van der Waals surface area contributed by atoms with E-state index in [4.69, 9.17) is 0 Å². The van der Waals surface area contributed by atoms with E-state index in [2.05, 4.69) is 17.4 Å². The second kappa shape index (κ2) is 6.92. The highest BCUT2D eigenvalue weighted by atomic mass is 35.5. The van der Waals surface area contributed by atoms with Crippen LogP contribution < -0.4 is 5.32 Å². The third-order valence-electron chi connectivity index (χ3n) is 4.20. The van der Waals surface area contributed by atoms with Gasteiger partial charge in [-0.3, -0.25) is 4.79 Å². The van der Waals surface area contributed by atoms with Crippen molar-refractivity contribution in [2.75, 3.05) is 20.1 Å². The third-order valence-corrected chi connectivity index (χ3v) is 4.20. The molecule has 0 radical (unpaired) electrons. The van der Waals surface area contributed by atoms with Gasteiger partial charge in [0, 0.05) is 18.7 Å². The molecule has 0 aliphatic carbocycles. The smallest absolute Gasteiger partial charge is 0.254 e. The topological polar surface area (TPSA) is 32.3 Å². The van der Waals surface area contributed by atoms with Gasteiger partial charge in [-0.1, -0.05) is 36.4 Å². The van der Waals surface area contributed by atoms with E-state index >= 15 is 0 Å².